The smallest absolute Gasteiger partial charge is 0.411 e. The quantitative estimate of drug-likeness (QED) is 0.573. The molecule has 0 bridgehead atoms. The minimum Gasteiger partial charge on any atom is -0.480 e. The van der Waals surface area contributed by atoms with Crippen molar-refractivity contribution in [3.63, 3.8) is 0 Å². The van der Waals surface area contributed by atoms with Crippen LogP contribution in [0.1, 0.15) is 26.3 Å². The van der Waals surface area contributed by atoms with Gasteiger partial charge in [0.1, 0.15) is 11.6 Å². The molecule has 2 heterocycles. The zero-order valence-corrected chi connectivity index (χ0v) is 20.7. The van der Waals surface area contributed by atoms with Gasteiger partial charge >= 0.3 is 12.1 Å². The third-order valence-corrected chi connectivity index (χ3v) is 7.56. The summed E-state index contributed by atoms with van der Waals surface area (Å²) in [6.07, 6.45) is 0.895. The Labute approximate surface area is 204 Å². The van der Waals surface area contributed by atoms with Gasteiger partial charge in [-0.1, -0.05) is 30.3 Å². The number of hydrogen-bond donors (Lipinski definition) is 1. The molecule has 1 saturated heterocycles. The molecule has 1 amide bonds. The number of ether oxygens (including phenoxy) is 1. The van der Waals surface area contributed by atoms with Crippen LogP contribution in [0, 0.1) is 0 Å². The number of amides is 1. The van der Waals surface area contributed by atoms with Gasteiger partial charge in [0.25, 0.3) is 10.0 Å². The minimum absolute atomic E-state index is 0.133. The van der Waals surface area contributed by atoms with E-state index < -0.39 is 33.7 Å². The van der Waals surface area contributed by atoms with Crippen molar-refractivity contribution in [2.45, 2.75) is 43.9 Å². The van der Waals surface area contributed by atoms with E-state index in [0.29, 0.717) is 18.6 Å². The minimum atomic E-state index is -3.76. The largest absolute Gasteiger partial charge is 0.480 e. The Kier molecular flexibility index (Phi) is 6.61. The van der Waals surface area contributed by atoms with E-state index in [0.717, 1.165) is 10.9 Å². The first kappa shape index (κ1) is 24.7. The normalized spacial score (nSPS) is 17.5. The molecule has 4 rings (SSSR count). The monoisotopic (exact) mass is 499 g/mol. The van der Waals surface area contributed by atoms with Crippen LogP contribution in [0.4, 0.5) is 4.79 Å². The van der Waals surface area contributed by atoms with Gasteiger partial charge in [-0.05, 0) is 50.6 Å². The number of aromatic nitrogens is 1. The van der Waals surface area contributed by atoms with Gasteiger partial charge in [-0.25, -0.2) is 22.0 Å². The highest BCUT2D eigenvalue weighted by Crippen LogP contribution is 2.26. The van der Waals surface area contributed by atoms with Gasteiger partial charge in [0.05, 0.1) is 10.4 Å². The summed E-state index contributed by atoms with van der Waals surface area (Å²) in [6.45, 7) is 6.44. The van der Waals surface area contributed by atoms with E-state index in [2.05, 4.69) is 0 Å². The molecule has 1 aromatic heterocycles. The van der Waals surface area contributed by atoms with Gasteiger partial charge in [-0.2, -0.15) is 0 Å². The Morgan fingerprint density at radius 3 is 2.40 bits per heavy atom. The average Bonchev–Trinajstić information content (AvgIpc) is 3.24. The maximum Gasteiger partial charge on any atom is 0.411 e. The predicted octanol–water partition coefficient (Wildman–Crippen LogP) is 3.38. The van der Waals surface area contributed by atoms with Crippen LogP contribution in [0.2, 0.25) is 0 Å². The lowest BCUT2D eigenvalue weighted by atomic mass is 10.1. The summed E-state index contributed by atoms with van der Waals surface area (Å²) < 4.78 is 33.0. The Hall–Kier alpha value is -3.37. The average molecular weight is 500 g/mol. The van der Waals surface area contributed by atoms with Crippen molar-refractivity contribution in [3.05, 3.63) is 66.4 Å². The van der Waals surface area contributed by atoms with E-state index in [1.165, 1.54) is 15.1 Å². The van der Waals surface area contributed by atoms with Gasteiger partial charge in [0, 0.05) is 37.8 Å². The van der Waals surface area contributed by atoms with Crippen LogP contribution >= 0.6 is 0 Å². The molecule has 10 heteroatoms. The lowest BCUT2D eigenvalue weighted by Crippen LogP contribution is -2.58. The molecular formula is C25H29N3O6S. The molecule has 3 aromatic rings. The molecule has 1 fully saturated rings. The van der Waals surface area contributed by atoms with Crippen molar-refractivity contribution in [1.29, 1.82) is 0 Å². The number of carbonyl (C=O) groups is 2. The number of carboxylic acids is 1. The van der Waals surface area contributed by atoms with Crippen molar-refractivity contribution in [2.24, 2.45) is 0 Å². The number of fused-ring (bicyclic) bond motifs is 1. The first-order valence-electron chi connectivity index (χ1n) is 11.3. The third kappa shape index (κ3) is 5.18. The van der Waals surface area contributed by atoms with Crippen LogP contribution in [0.25, 0.3) is 10.9 Å². The van der Waals surface area contributed by atoms with E-state index in [4.69, 9.17) is 4.74 Å². The Balaban J connectivity index is 1.57. The standard InChI is InChI=1S/C25H29N3O6S/c1-25(2,3)34-24(31)27-15-14-26(17-22(27)23(29)30)16-18-8-7-11-21-20(18)12-13-28(21)35(32,33)19-9-5-4-6-10-19/h4-13,22H,14-17H2,1-3H3,(H,29,30). The molecule has 186 valence electrons. The molecule has 0 saturated carbocycles. The lowest BCUT2D eigenvalue weighted by Gasteiger charge is -2.39. The van der Waals surface area contributed by atoms with Crippen LogP contribution in [0.5, 0.6) is 0 Å². The fourth-order valence-corrected chi connectivity index (χ4v) is 5.60. The first-order chi connectivity index (χ1) is 16.5. The van der Waals surface area contributed by atoms with Crippen molar-refractivity contribution in [2.75, 3.05) is 19.6 Å². The number of hydrogen-bond acceptors (Lipinski definition) is 6. The van der Waals surface area contributed by atoms with Gasteiger partial charge < -0.3 is 9.84 Å². The lowest BCUT2D eigenvalue weighted by molar-refractivity contribution is -0.145. The van der Waals surface area contributed by atoms with E-state index >= 15 is 0 Å². The molecule has 1 N–H and O–H groups in total. The second-order valence-electron chi connectivity index (χ2n) is 9.54. The summed E-state index contributed by atoms with van der Waals surface area (Å²) in [5, 5.41) is 10.5. The molecule has 0 radical (unpaired) electrons. The van der Waals surface area contributed by atoms with Gasteiger partial charge in [-0.3, -0.25) is 9.80 Å². The highest BCUT2D eigenvalue weighted by Gasteiger charge is 2.37. The van der Waals surface area contributed by atoms with Crippen molar-refractivity contribution in [3.8, 4) is 0 Å². The highest BCUT2D eigenvalue weighted by molar-refractivity contribution is 7.90. The van der Waals surface area contributed by atoms with Crippen molar-refractivity contribution < 1.29 is 27.9 Å². The second-order valence-corrected chi connectivity index (χ2v) is 11.4. The van der Waals surface area contributed by atoms with E-state index in [9.17, 15) is 23.1 Å². The Morgan fingerprint density at radius 2 is 1.74 bits per heavy atom. The molecule has 1 aliphatic rings. The summed E-state index contributed by atoms with van der Waals surface area (Å²) in [5.74, 6) is -1.10. The Bertz CT molecular complexity index is 1340. The van der Waals surface area contributed by atoms with Crippen LogP contribution in [0.15, 0.2) is 65.7 Å². The first-order valence-corrected chi connectivity index (χ1v) is 12.8. The van der Waals surface area contributed by atoms with Crippen LogP contribution in [-0.2, 0) is 26.1 Å². The molecule has 0 spiro atoms. The molecule has 1 unspecified atom stereocenters. The van der Waals surface area contributed by atoms with Crippen molar-refractivity contribution >= 4 is 33.0 Å². The highest BCUT2D eigenvalue weighted by atomic mass is 32.2. The number of carboxylic acid groups (broad SMARTS) is 1. The van der Waals surface area contributed by atoms with E-state index in [-0.39, 0.29) is 18.0 Å². The third-order valence-electron chi connectivity index (χ3n) is 5.86. The topological polar surface area (TPSA) is 109 Å². The summed E-state index contributed by atoms with van der Waals surface area (Å²) >= 11 is 0. The molecule has 2 aromatic carbocycles. The molecule has 1 aliphatic heterocycles. The maximum atomic E-state index is 13.2. The number of carbonyl (C=O) groups excluding carboxylic acids is 1. The summed E-state index contributed by atoms with van der Waals surface area (Å²) in [7, 11) is -3.76. The Morgan fingerprint density at radius 1 is 1.03 bits per heavy atom. The van der Waals surface area contributed by atoms with Gasteiger partial charge in [0.2, 0.25) is 0 Å². The number of rotatable bonds is 5. The molecular weight excluding hydrogens is 470 g/mol. The summed E-state index contributed by atoms with van der Waals surface area (Å²) in [6, 6.07) is 14.4. The maximum absolute atomic E-state index is 13.2. The second kappa shape index (κ2) is 9.35. The summed E-state index contributed by atoms with van der Waals surface area (Å²) in [5.41, 5.74) is 0.702. The number of aliphatic carboxylic acids is 1. The molecule has 35 heavy (non-hydrogen) atoms. The van der Waals surface area contributed by atoms with Gasteiger partial charge in [-0.15, -0.1) is 0 Å². The van der Waals surface area contributed by atoms with Crippen LogP contribution < -0.4 is 0 Å². The van der Waals surface area contributed by atoms with Crippen LogP contribution in [0.3, 0.4) is 0 Å². The zero-order valence-electron chi connectivity index (χ0n) is 19.9. The van der Waals surface area contributed by atoms with Gasteiger partial charge in [0.15, 0.2) is 0 Å². The van der Waals surface area contributed by atoms with Crippen molar-refractivity contribution in [1.82, 2.24) is 13.8 Å². The zero-order chi connectivity index (χ0) is 25.4. The fourth-order valence-electron chi connectivity index (χ4n) is 4.23. The number of benzene rings is 2. The predicted molar refractivity (Wildman–Crippen MR) is 131 cm³/mol. The van der Waals surface area contributed by atoms with Crippen LogP contribution in [-0.4, -0.2) is 70.6 Å². The fraction of sp³-hybridized carbons (Fsp3) is 0.360. The number of nitrogens with zero attached hydrogens (tertiary/aromatic N) is 3. The molecule has 0 aliphatic carbocycles. The number of piperazine rings is 1. The van der Waals surface area contributed by atoms with E-state index in [1.807, 2.05) is 11.0 Å². The van der Waals surface area contributed by atoms with E-state index in [1.54, 1.807) is 69.3 Å². The SMILES string of the molecule is CC(C)(C)OC(=O)N1CCN(Cc2cccc3c2ccn3S(=O)(=O)c2ccccc2)CC1C(=O)O. The summed E-state index contributed by atoms with van der Waals surface area (Å²) in [4.78, 5) is 27.9. The molecule has 9 nitrogen and oxygen atoms in total. The molecule has 1 atom stereocenters.